The summed E-state index contributed by atoms with van der Waals surface area (Å²) in [6, 6.07) is 9.83. The second-order valence-electron chi connectivity index (χ2n) is 4.43. The molecule has 1 aromatic rings. The smallest absolute Gasteiger partial charge is 0.237 e. The van der Waals surface area contributed by atoms with Gasteiger partial charge < -0.3 is 11.1 Å². The quantitative estimate of drug-likeness (QED) is 0.798. The second-order valence-corrected chi connectivity index (χ2v) is 4.43. The number of hydrogen-bond acceptors (Lipinski definition) is 2. The van der Waals surface area contributed by atoms with E-state index in [1.807, 2.05) is 30.3 Å². The number of rotatable bonds is 4. The standard InChI is InChI=1S/C13H18N2O/c14-12(9-10-5-2-1-3-6-10)13(16)15-11-7-4-8-11/h1-3,5-6,11-12H,4,7-9,14H2,(H,15,16)/t12-/m1/s1. The Balaban J connectivity index is 1.82. The lowest BCUT2D eigenvalue weighted by Gasteiger charge is -2.27. The third-order valence-electron chi connectivity index (χ3n) is 3.09. The van der Waals surface area contributed by atoms with Crippen molar-refractivity contribution in [2.75, 3.05) is 0 Å². The van der Waals surface area contributed by atoms with Crippen molar-refractivity contribution in [2.24, 2.45) is 5.73 Å². The summed E-state index contributed by atoms with van der Waals surface area (Å²) >= 11 is 0. The van der Waals surface area contributed by atoms with Crippen LogP contribution in [0.2, 0.25) is 0 Å². The minimum absolute atomic E-state index is 0.0199. The Morgan fingerprint density at radius 3 is 2.62 bits per heavy atom. The van der Waals surface area contributed by atoms with Gasteiger partial charge in [0.25, 0.3) is 0 Å². The summed E-state index contributed by atoms with van der Waals surface area (Å²) in [5.41, 5.74) is 6.97. The van der Waals surface area contributed by atoms with E-state index < -0.39 is 6.04 Å². The first kappa shape index (κ1) is 11.1. The average molecular weight is 218 g/mol. The van der Waals surface area contributed by atoms with Gasteiger partial charge in [-0.3, -0.25) is 4.79 Å². The highest BCUT2D eigenvalue weighted by Crippen LogP contribution is 2.18. The van der Waals surface area contributed by atoms with E-state index in [0.29, 0.717) is 12.5 Å². The van der Waals surface area contributed by atoms with E-state index >= 15 is 0 Å². The molecule has 1 atom stereocenters. The maximum atomic E-state index is 11.7. The van der Waals surface area contributed by atoms with Gasteiger partial charge in [-0.05, 0) is 31.2 Å². The summed E-state index contributed by atoms with van der Waals surface area (Å²) in [6.45, 7) is 0. The Kier molecular flexibility index (Phi) is 3.57. The van der Waals surface area contributed by atoms with Crippen molar-refractivity contribution >= 4 is 5.91 Å². The normalized spacial score (nSPS) is 17.6. The third-order valence-corrected chi connectivity index (χ3v) is 3.09. The SMILES string of the molecule is N[C@H](Cc1ccccc1)C(=O)NC1CCC1. The molecule has 3 nitrogen and oxygen atoms in total. The summed E-state index contributed by atoms with van der Waals surface area (Å²) in [7, 11) is 0. The van der Waals surface area contributed by atoms with Crippen molar-refractivity contribution in [3.8, 4) is 0 Å². The van der Waals surface area contributed by atoms with Crippen molar-refractivity contribution in [3.05, 3.63) is 35.9 Å². The van der Waals surface area contributed by atoms with Gasteiger partial charge >= 0.3 is 0 Å². The van der Waals surface area contributed by atoms with Crippen LogP contribution in [0.4, 0.5) is 0 Å². The number of benzene rings is 1. The highest BCUT2D eigenvalue weighted by atomic mass is 16.2. The van der Waals surface area contributed by atoms with Crippen LogP contribution >= 0.6 is 0 Å². The van der Waals surface area contributed by atoms with Crippen molar-refractivity contribution in [3.63, 3.8) is 0 Å². The summed E-state index contributed by atoms with van der Waals surface area (Å²) in [4.78, 5) is 11.7. The van der Waals surface area contributed by atoms with Gasteiger partial charge in [-0.2, -0.15) is 0 Å². The first-order chi connectivity index (χ1) is 7.75. The van der Waals surface area contributed by atoms with Gasteiger partial charge in [-0.1, -0.05) is 30.3 Å². The van der Waals surface area contributed by atoms with Gasteiger partial charge in [0.15, 0.2) is 0 Å². The van der Waals surface area contributed by atoms with Crippen LogP contribution in [0.1, 0.15) is 24.8 Å². The van der Waals surface area contributed by atoms with Crippen molar-refractivity contribution in [1.29, 1.82) is 0 Å². The number of amides is 1. The Morgan fingerprint density at radius 1 is 1.38 bits per heavy atom. The monoisotopic (exact) mass is 218 g/mol. The van der Waals surface area contributed by atoms with Crippen LogP contribution in [-0.2, 0) is 11.2 Å². The zero-order chi connectivity index (χ0) is 11.4. The van der Waals surface area contributed by atoms with Crippen molar-refractivity contribution < 1.29 is 4.79 Å². The van der Waals surface area contributed by atoms with Crippen LogP contribution < -0.4 is 11.1 Å². The zero-order valence-corrected chi connectivity index (χ0v) is 9.36. The molecule has 1 fully saturated rings. The van der Waals surface area contributed by atoms with Crippen LogP contribution in [-0.4, -0.2) is 18.0 Å². The number of carbonyl (C=O) groups excluding carboxylic acids is 1. The molecule has 3 N–H and O–H groups in total. The van der Waals surface area contributed by atoms with Crippen LogP contribution in [0.15, 0.2) is 30.3 Å². The molecule has 0 unspecified atom stereocenters. The molecule has 1 aliphatic rings. The Morgan fingerprint density at radius 2 is 2.06 bits per heavy atom. The molecule has 16 heavy (non-hydrogen) atoms. The first-order valence-electron chi connectivity index (χ1n) is 5.85. The predicted molar refractivity (Wildman–Crippen MR) is 63.9 cm³/mol. The Bertz CT molecular complexity index is 346. The summed E-state index contributed by atoms with van der Waals surface area (Å²) in [5, 5.41) is 2.97. The molecule has 0 saturated heterocycles. The molecule has 0 bridgehead atoms. The molecule has 0 radical (unpaired) electrons. The van der Waals surface area contributed by atoms with E-state index in [0.717, 1.165) is 18.4 Å². The Labute approximate surface area is 96.0 Å². The molecule has 0 aliphatic heterocycles. The number of hydrogen-bond donors (Lipinski definition) is 2. The zero-order valence-electron chi connectivity index (χ0n) is 9.36. The fraction of sp³-hybridized carbons (Fsp3) is 0.462. The van der Waals surface area contributed by atoms with E-state index in [1.165, 1.54) is 6.42 Å². The fourth-order valence-corrected chi connectivity index (χ4v) is 1.82. The first-order valence-corrected chi connectivity index (χ1v) is 5.85. The molecule has 1 aromatic carbocycles. The van der Waals surface area contributed by atoms with Gasteiger partial charge in [0, 0.05) is 6.04 Å². The minimum atomic E-state index is -0.428. The number of nitrogens with one attached hydrogen (secondary N) is 1. The third kappa shape index (κ3) is 2.83. The molecule has 2 rings (SSSR count). The van der Waals surface area contributed by atoms with Crippen LogP contribution in [0.5, 0.6) is 0 Å². The van der Waals surface area contributed by atoms with E-state index in [-0.39, 0.29) is 5.91 Å². The van der Waals surface area contributed by atoms with Gasteiger partial charge in [-0.15, -0.1) is 0 Å². The molecule has 86 valence electrons. The van der Waals surface area contributed by atoms with Gasteiger partial charge in [0.1, 0.15) is 0 Å². The highest BCUT2D eigenvalue weighted by molar-refractivity contribution is 5.82. The lowest BCUT2D eigenvalue weighted by molar-refractivity contribution is -0.123. The van der Waals surface area contributed by atoms with E-state index in [4.69, 9.17) is 5.73 Å². The molecule has 1 aliphatic carbocycles. The maximum Gasteiger partial charge on any atom is 0.237 e. The molecule has 0 spiro atoms. The molecule has 3 heteroatoms. The number of carbonyl (C=O) groups is 1. The van der Waals surface area contributed by atoms with Crippen molar-refractivity contribution in [2.45, 2.75) is 37.8 Å². The van der Waals surface area contributed by atoms with Crippen molar-refractivity contribution in [1.82, 2.24) is 5.32 Å². The fourth-order valence-electron chi connectivity index (χ4n) is 1.82. The Hall–Kier alpha value is -1.35. The lowest BCUT2D eigenvalue weighted by Crippen LogP contribution is -2.48. The molecule has 1 amide bonds. The van der Waals surface area contributed by atoms with E-state index in [1.54, 1.807) is 0 Å². The highest BCUT2D eigenvalue weighted by Gasteiger charge is 2.22. The van der Waals surface area contributed by atoms with Gasteiger partial charge in [0.05, 0.1) is 6.04 Å². The van der Waals surface area contributed by atoms with Gasteiger partial charge in [-0.25, -0.2) is 0 Å². The molecule has 0 heterocycles. The molecule has 1 saturated carbocycles. The topological polar surface area (TPSA) is 55.1 Å². The summed E-state index contributed by atoms with van der Waals surface area (Å²) in [5.74, 6) is -0.0199. The molecular formula is C13H18N2O. The average Bonchev–Trinajstić information content (AvgIpc) is 2.24. The van der Waals surface area contributed by atoms with E-state index in [2.05, 4.69) is 5.32 Å². The van der Waals surface area contributed by atoms with Gasteiger partial charge in [0.2, 0.25) is 5.91 Å². The maximum absolute atomic E-state index is 11.7. The largest absolute Gasteiger partial charge is 0.352 e. The summed E-state index contributed by atoms with van der Waals surface area (Å²) < 4.78 is 0. The predicted octanol–water partition coefficient (Wildman–Crippen LogP) is 1.23. The molecule has 0 aromatic heterocycles. The number of nitrogens with two attached hydrogens (primary N) is 1. The van der Waals surface area contributed by atoms with Crippen LogP contribution in [0.25, 0.3) is 0 Å². The summed E-state index contributed by atoms with van der Waals surface area (Å²) in [6.07, 6.45) is 4.03. The van der Waals surface area contributed by atoms with Crippen LogP contribution in [0.3, 0.4) is 0 Å². The van der Waals surface area contributed by atoms with Crippen LogP contribution in [0, 0.1) is 0 Å². The minimum Gasteiger partial charge on any atom is -0.352 e. The molecular weight excluding hydrogens is 200 g/mol. The lowest BCUT2D eigenvalue weighted by atomic mass is 9.92. The second kappa shape index (κ2) is 5.12. The van der Waals surface area contributed by atoms with E-state index in [9.17, 15) is 4.79 Å².